The van der Waals surface area contributed by atoms with Crippen molar-refractivity contribution < 1.29 is 4.79 Å². The fourth-order valence-electron chi connectivity index (χ4n) is 2.65. The molecule has 110 valence electrons. The van der Waals surface area contributed by atoms with Gasteiger partial charge in [-0.1, -0.05) is 24.4 Å². The number of amides is 1. The highest BCUT2D eigenvalue weighted by Gasteiger charge is 2.24. The third kappa shape index (κ3) is 3.82. The van der Waals surface area contributed by atoms with Crippen LogP contribution in [0, 0.1) is 0 Å². The molecule has 1 saturated carbocycles. The Morgan fingerprint density at radius 1 is 1.45 bits per heavy atom. The SMILES string of the molecule is NNc1ccc(Cl)c(CN(CC(N)=O)C2CCCC2)n1. The Morgan fingerprint density at radius 2 is 2.15 bits per heavy atom. The van der Waals surface area contributed by atoms with E-state index < -0.39 is 0 Å². The van der Waals surface area contributed by atoms with Crippen molar-refractivity contribution in [1.82, 2.24) is 9.88 Å². The van der Waals surface area contributed by atoms with Gasteiger partial charge >= 0.3 is 0 Å². The maximum atomic E-state index is 11.3. The lowest BCUT2D eigenvalue weighted by molar-refractivity contribution is -0.119. The van der Waals surface area contributed by atoms with Crippen molar-refractivity contribution in [3.63, 3.8) is 0 Å². The van der Waals surface area contributed by atoms with E-state index in [-0.39, 0.29) is 12.5 Å². The predicted octanol–water partition coefficient (Wildman–Crippen LogP) is 1.25. The number of hydrazine groups is 1. The molecular formula is C13H20ClN5O. The first-order chi connectivity index (χ1) is 9.60. The number of nitrogen functional groups attached to an aromatic ring is 1. The highest BCUT2D eigenvalue weighted by atomic mass is 35.5. The third-order valence-electron chi connectivity index (χ3n) is 3.62. The lowest BCUT2D eigenvalue weighted by Crippen LogP contribution is -2.39. The molecule has 6 nitrogen and oxygen atoms in total. The van der Waals surface area contributed by atoms with Crippen molar-refractivity contribution in [3.05, 3.63) is 22.8 Å². The number of aromatic nitrogens is 1. The summed E-state index contributed by atoms with van der Waals surface area (Å²) < 4.78 is 0. The highest BCUT2D eigenvalue weighted by molar-refractivity contribution is 6.31. The van der Waals surface area contributed by atoms with Crippen molar-refractivity contribution in [2.45, 2.75) is 38.3 Å². The predicted molar refractivity (Wildman–Crippen MR) is 78.9 cm³/mol. The summed E-state index contributed by atoms with van der Waals surface area (Å²) >= 11 is 6.17. The second kappa shape index (κ2) is 6.88. The highest BCUT2D eigenvalue weighted by Crippen LogP contribution is 2.26. The molecule has 0 spiro atoms. The fraction of sp³-hybridized carbons (Fsp3) is 0.538. The Morgan fingerprint density at radius 3 is 2.75 bits per heavy atom. The molecule has 1 fully saturated rings. The van der Waals surface area contributed by atoms with E-state index in [0.717, 1.165) is 12.8 Å². The second-order valence-electron chi connectivity index (χ2n) is 5.08. The maximum Gasteiger partial charge on any atom is 0.231 e. The van der Waals surface area contributed by atoms with Gasteiger partial charge in [0.2, 0.25) is 5.91 Å². The third-order valence-corrected chi connectivity index (χ3v) is 3.96. The Bertz CT molecular complexity index is 476. The molecule has 5 N–H and O–H groups in total. The number of rotatable bonds is 6. The van der Waals surface area contributed by atoms with Crippen molar-refractivity contribution in [3.8, 4) is 0 Å². The zero-order valence-corrected chi connectivity index (χ0v) is 12.1. The van der Waals surface area contributed by atoms with Crippen LogP contribution < -0.4 is 17.0 Å². The molecular weight excluding hydrogens is 278 g/mol. The number of hydrogen-bond acceptors (Lipinski definition) is 5. The minimum atomic E-state index is -0.332. The number of pyridine rings is 1. The molecule has 1 amide bonds. The first-order valence-electron chi connectivity index (χ1n) is 6.74. The first kappa shape index (κ1) is 15.0. The van der Waals surface area contributed by atoms with Gasteiger partial charge in [-0.15, -0.1) is 0 Å². The van der Waals surface area contributed by atoms with Gasteiger partial charge in [-0.2, -0.15) is 0 Å². The molecule has 20 heavy (non-hydrogen) atoms. The average molecular weight is 298 g/mol. The summed E-state index contributed by atoms with van der Waals surface area (Å²) in [5.74, 6) is 5.58. The van der Waals surface area contributed by atoms with Gasteiger partial charge in [0.05, 0.1) is 17.3 Å². The van der Waals surface area contributed by atoms with Crippen LogP contribution in [-0.2, 0) is 11.3 Å². The number of carbonyl (C=O) groups is 1. The molecule has 1 aromatic rings. The number of halogens is 1. The van der Waals surface area contributed by atoms with E-state index in [4.69, 9.17) is 23.2 Å². The van der Waals surface area contributed by atoms with E-state index in [1.165, 1.54) is 12.8 Å². The molecule has 0 atom stereocenters. The number of hydrogen-bond donors (Lipinski definition) is 3. The fourth-order valence-corrected chi connectivity index (χ4v) is 2.82. The molecule has 1 aromatic heterocycles. The van der Waals surface area contributed by atoms with Crippen LogP contribution in [0.5, 0.6) is 0 Å². The summed E-state index contributed by atoms with van der Waals surface area (Å²) in [5, 5.41) is 0.566. The number of primary amides is 1. The molecule has 1 aliphatic rings. The Hall–Kier alpha value is -1.37. The monoisotopic (exact) mass is 297 g/mol. The summed E-state index contributed by atoms with van der Waals surface area (Å²) in [7, 11) is 0. The van der Waals surface area contributed by atoms with Crippen LogP contribution >= 0.6 is 11.6 Å². The number of anilines is 1. The number of nitrogens with zero attached hydrogens (tertiary/aromatic N) is 2. The van der Waals surface area contributed by atoms with Crippen LogP contribution in [0.3, 0.4) is 0 Å². The summed E-state index contributed by atoms with van der Waals surface area (Å²) in [6, 6.07) is 3.82. The number of carbonyl (C=O) groups excluding carboxylic acids is 1. The molecule has 1 heterocycles. The Kier molecular flexibility index (Phi) is 5.17. The number of nitrogens with one attached hydrogen (secondary N) is 1. The van der Waals surface area contributed by atoms with E-state index in [1.54, 1.807) is 12.1 Å². The molecule has 0 aromatic carbocycles. The van der Waals surface area contributed by atoms with E-state index in [2.05, 4.69) is 15.3 Å². The molecule has 0 saturated heterocycles. The molecule has 0 bridgehead atoms. The van der Waals surface area contributed by atoms with E-state index in [0.29, 0.717) is 29.1 Å². The smallest absolute Gasteiger partial charge is 0.231 e. The van der Waals surface area contributed by atoms with Gasteiger partial charge in [0.25, 0.3) is 0 Å². The lowest BCUT2D eigenvalue weighted by Gasteiger charge is -2.27. The zero-order valence-electron chi connectivity index (χ0n) is 11.3. The largest absolute Gasteiger partial charge is 0.369 e. The van der Waals surface area contributed by atoms with E-state index >= 15 is 0 Å². The van der Waals surface area contributed by atoms with Crippen LogP contribution in [-0.4, -0.2) is 28.4 Å². The van der Waals surface area contributed by atoms with Crippen molar-refractivity contribution in [2.75, 3.05) is 12.0 Å². The molecule has 2 rings (SSSR count). The minimum Gasteiger partial charge on any atom is -0.369 e. The molecule has 0 unspecified atom stereocenters. The molecule has 1 aliphatic carbocycles. The van der Waals surface area contributed by atoms with Gasteiger partial charge in [0.1, 0.15) is 5.82 Å². The molecule has 0 radical (unpaired) electrons. The van der Waals surface area contributed by atoms with Crippen molar-refractivity contribution >= 4 is 23.3 Å². The van der Waals surface area contributed by atoms with Crippen LogP contribution in [0.25, 0.3) is 0 Å². The average Bonchev–Trinajstić information content (AvgIpc) is 2.94. The number of nitrogens with two attached hydrogens (primary N) is 2. The van der Waals surface area contributed by atoms with Crippen molar-refractivity contribution in [2.24, 2.45) is 11.6 Å². The Balaban J connectivity index is 2.15. The van der Waals surface area contributed by atoms with Crippen molar-refractivity contribution in [1.29, 1.82) is 0 Å². The summed E-state index contributed by atoms with van der Waals surface area (Å²) in [6.07, 6.45) is 4.54. The van der Waals surface area contributed by atoms with Gasteiger partial charge < -0.3 is 11.2 Å². The quantitative estimate of drug-likeness (QED) is 0.542. The maximum absolute atomic E-state index is 11.3. The Labute approximate surface area is 123 Å². The van der Waals surface area contributed by atoms with Gasteiger partial charge in [-0.25, -0.2) is 10.8 Å². The summed E-state index contributed by atoms with van der Waals surface area (Å²) in [6.45, 7) is 0.727. The van der Waals surface area contributed by atoms with Gasteiger partial charge in [0.15, 0.2) is 0 Å². The van der Waals surface area contributed by atoms with Crippen LogP contribution in [0.15, 0.2) is 12.1 Å². The normalized spacial score (nSPS) is 15.8. The topological polar surface area (TPSA) is 97.3 Å². The van der Waals surface area contributed by atoms with Gasteiger partial charge in [-0.05, 0) is 25.0 Å². The summed E-state index contributed by atoms with van der Waals surface area (Å²) in [4.78, 5) is 17.7. The first-order valence-corrected chi connectivity index (χ1v) is 7.12. The van der Waals surface area contributed by atoms with E-state index in [9.17, 15) is 4.79 Å². The van der Waals surface area contributed by atoms with E-state index in [1.807, 2.05) is 0 Å². The van der Waals surface area contributed by atoms with Crippen LogP contribution in [0.4, 0.5) is 5.82 Å². The zero-order chi connectivity index (χ0) is 14.5. The van der Waals surface area contributed by atoms with Gasteiger partial charge in [-0.3, -0.25) is 9.69 Å². The second-order valence-corrected chi connectivity index (χ2v) is 5.49. The minimum absolute atomic E-state index is 0.225. The van der Waals surface area contributed by atoms with Crippen LogP contribution in [0.2, 0.25) is 5.02 Å². The van der Waals surface area contributed by atoms with Crippen LogP contribution in [0.1, 0.15) is 31.4 Å². The standard InChI is InChI=1S/C13H20ClN5O/c14-10-5-6-13(18-16)17-11(10)7-19(8-12(15)20)9-3-1-2-4-9/h5-6,9H,1-4,7-8,16H2,(H2,15,20)(H,17,18). The summed E-state index contributed by atoms with van der Waals surface area (Å²) in [5.41, 5.74) is 8.54. The van der Waals surface area contributed by atoms with Gasteiger partial charge in [0, 0.05) is 12.6 Å². The molecule has 0 aliphatic heterocycles. The molecule has 7 heteroatoms. The lowest BCUT2D eigenvalue weighted by atomic mass is 10.2.